The zero-order chi connectivity index (χ0) is 14.3. The monoisotopic (exact) mass is 287 g/mol. The third-order valence-corrected chi connectivity index (χ3v) is 3.99. The van der Waals surface area contributed by atoms with Crippen LogP contribution in [0.5, 0.6) is 5.75 Å². The Hall–Kier alpha value is -2.34. The van der Waals surface area contributed by atoms with E-state index in [1.807, 2.05) is 12.3 Å². The molecule has 0 bridgehead atoms. The molecule has 2 N–H and O–H groups in total. The first-order valence-corrected chi connectivity index (χ1v) is 6.91. The molecule has 102 valence electrons. The number of fused-ring (bicyclic) bond motifs is 1. The average Bonchev–Trinajstić information content (AvgIpc) is 2.86. The van der Waals surface area contributed by atoms with Gasteiger partial charge in [0.2, 0.25) is 0 Å². The summed E-state index contributed by atoms with van der Waals surface area (Å²) in [5.41, 5.74) is 7.16. The van der Waals surface area contributed by atoms with Crippen LogP contribution in [0.25, 0.3) is 16.5 Å². The topological polar surface area (TPSA) is 70.1 Å². The Balaban J connectivity index is 2.27. The van der Waals surface area contributed by atoms with E-state index in [1.54, 1.807) is 31.4 Å². The zero-order valence-corrected chi connectivity index (χ0v) is 11.9. The normalized spacial score (nSPS) is 10.9. The van der Waals surface area contributed by atoms with Crippen LogP contribution in [0.4, 0.5) is 5.00 Å². The lowest BCUT2D eigenvalue weighted by Gasteiger charge is -2.07. The van der Waals surface area contributed by atoms with Crippen molar-refractivity contribution in [1.82, 2.24) is 9.78 Å². The van der Waals surface area contributed by atoms with Crippen LogP contribution in [0, 0.1) is 6.92 Å². The maximum Gasteiger partial charge on any atom is 0.282 e. The van der Waals surface area contributed by atoms with Gasteiger partial charge >= 0.3 is 0 Å². The number of anilines is 1. The van der Waals surface area contributed by atoms with Crippen LogP contribution in [0.1, 0.15) is 5.69 Å². The van der Waals surface area contributed by atoms with Gasteiger partial charge in [-0.25, -0.2) is 0 Å². The first-order valence-electron chi connectivity index (χ1n) is 6.03. The Bertz CT molecular complexity index is 834. The van der Waals surface area contributed by atoms with Gasteiger partial charge in [-0.05, 0) is 31.2 Å². The van der Waals surface area contributed by atoms with Crippen molar-refractivity contribution in [3.8, 4) is 11.4 Å². The second-order valence-corrected chi connectivity index (χ2v) is 5.30. The summed E-state index contributed by atoms with van der Waals surface area (Å²) in [6.45, 7) is 1.87. The number of methoxy groups -OCH3 is 1. The van der Waals surface area contributed by atoms with Crippen molar-refractivity contribution in [2.24, 2.45) is 0 Å². The Kier molecular flexibility index (Phi) is 2.94. The maximum absolute atomic E-state index is 12.5. The van der Waals surface area contributed by atoms with Crippen LogP contribution in [0.3, 0.4) is 0 Å². The van der Waals surface area contributed by atoms with Crippen LogP contribution < -0.4 is 16.0 Å². The fourth-order valence-corrected chi connectivity index (χ4v) is 2.96. The number of aromatic nitrogens is 2. The first-order chi connectivity index (χ1) is 9.61. The van der Waals surface area contributed by atoms with Gasteiger partial charge < -0.3 is 10.5 Å². The summed E-state index contributed by atoms with van der Waals surface area (Å²) in [4.78, 5) is 12.5. The Morgan fingerprint density at radius 3 is 2.65 bits per heavy atom. The molecule has 0 spiro atoms. The molecule has 20 heavy (non-hydrogen) atoms. The molecule has 3 aromatic rings. The van der Waals surface area contributed by atoms with Crippen LogP contribution in [-0.4, -0.2) is 16.9 Å². The number of nitrogen functional groups attached to an aromatic ring is 1. The predicted octanol–water partition coefficient (Wildman–Crippen LogP) is 2.35. The summed E-state index contributed by atoms with van der Waals surface area (Å²) in [7, 11) is 1.60. The number of hydrogen-bond donors (Lipinski definition) is 1. The predicted molar refractivity (Wildman–Crippen MR) is 80.9 cm³/mol. The van der Waals surface area contributed by atoms with Crippen molar-refractivity contribution in [2.75, 3.05) is 12.8 Å². The van der Waals surface area contributed by atoms with E-state index in [1.165, 1.54) is 16.0 Å². The van der Waals surface area contributed by atoms with Gasteiger partial charge in [-0.2, -0.15) is 9.78 Å². The fourth-order valence-electron chi connectivity index (χ4n) is 2.11. The third-order valence-electron chi connectivity index (χ3n) is 3.18. The van der Waals surface area contributed by atoms with Gasteiger partial charge in [-0.1, -0.05) is 0 Å². The third kappa shape index (κ3) is 1.85. The Morgan fingerprint density at radius 1 is 1.30 bits per heavy atom. The highest BCUT2D eigenvalue weighted by atomic mass is 32.1. The van der Waals surface area contributed by atoms with E-state index in [0.29, 0.717) is 16.1 Å². The van der Waals surface area contributed by atoms with Crippen LogP contribution in [0.15, 0.2) is 34.4 Å². The molecular weight excluding hydrogens is 274 g/mol. The minimum Gasteiger partial charge on any atom is -0.497 e. The quantitative estimate of drug-likeness (QED) is 0.785. The summed E-state index contributed by atoms with van der Waals surface area (Å²) < 4.78 is 6.49. The fraction of sp³-hybridized carbons (Fsp3) is 0.143. The molecule has 5 nitrogen and oxygen atoms in total. The van der Waals surface area contributed by atoms with Gasteiger partial charge in [-0.15, -0.1) is 11.3 Å². The Morgan fingerprint density at radius 2 is 2.00 bits per heavy atom. The maximum atomic E-state index is 12.5. The van der Waals surface area contributed by atoms with Crippen LogP contribution in [0.2, 0.25) is 0 Å². The van der Waals surface area contributed by atoms with Gasteiger partial charge in [0.25, 0.3) is 5.56 Å². The molecule has 0 aliphatic rings. The lowest BCUT2D eigenvalue weighted by Crippen LogP contribution is -2.22. The first kappa shape index (κ1) is 12.7. The molecule has 0 amide bonds. The number of aryl methyl sites for hydroxylation is 1. The second kappa shape index (κ2) is 4.64. The summed E-state index contributed by atoms with van der Waals surface area (Å²) in [5, 5.41) is 8.11. The van der Waals surface area contributed by atoms with Crippen molar-refractivity contribution in [3.63, 3.8) is 0 Å². The number of thiophene rings is 1. The van der Waals surface area contributed by atoms with Gasteiger partial charge in [0.1, 0.15) is 5.75 Å². The number of rotatable bonds is 2. The zero-order valence-electron chi connectivity index (χ0n) is 11.1. The van der Waals surface area contributed by atoms with Crippen molar-refractivity contribution in [1.29, 1.82) is 0 Å². The summed E-state index contributed by atoms with van der Waals surface area (Å²) in [6.07, 6.45) is 0. The molecule has 0 radical (unpaired) electrons. The minimum atomic E-state index is -0.200. The molecule has 0 atom stereocenters. The van der Waals surface area contributed by atoms with E-state index >= 15 is 0 Å². The van der Waals surface area contributed by atoms with Crippen LogP contribution >= 0.6 is 11.3 Å². The van der Waals surface area contributed by atoms with Gasteiger partial charge in [0.15, 0.2) is 0 Å². The molecule has 0 saturated heterocycles. The van der Waals surface area contributed by atoms with Gasteiger partial charge in [-0.3, -0.25) is 4.79 Å². The Labute approximate surface area is 119 Å². The van der Waals surface area contributed by atoms with Crippen molar-refractivity contribution >= 4 is 27.1 Å². The largest absolute Gasteiger partial charge is 0.497 e. The van der Waals surface area contributed by atoms with E-state index in [2.05, 4.69) is 5.10 Å². The van der Waals surface area contributed by atoms with Crippen molar-refractivity contribution in [2.45, 2.75) is 6.92 Å². The van der Waals surface area contributed by atoms with E-state index in [0.717, 1.165) is 16.8 Å². The summed E-state index contributed by atoms with van der Waals surface area (Å²) in [6, 6.07) is 7.17. The lowest BCUT2D eigenvalue weighted by atomic mass is 10.2. The standard InChI is InChI=1S/C14H13N3O2S/c1-8-11-7-20-13(15)12(11)14(18)17(16-8)9-3-5-10(19-2)6-4-9/h3-7H,15H2,1-2H3. The smallest absolute Gasteiger partial charge is 0.282 e. The highest BCUT2D eigenvalue weighted by Gasteiger charge is 2.13. The summed E-state index contributed by atoms with van der Waals surface area (Å²) >= 11 is 1.36. The molecule has 0 fully saturated rings. The number of nitrogens with zero attached hydrogens (tertiary/aromatic N) is 2. The molecule has 2 heterocycles. The second-order valence-electron chi connectivity index (χ2n) is 4.39. The molecule has 0 aliphatic heterocycles. The van der Waals surface area contributed by atoms with E-state index in [4.69, 9.17) is 10.5 Å². The van der Waals surface area contributed by atoms with Crippen molar-refractivity contribution in [3.05, 3.63) is 45.7 Å². The summed E-state index contributed by atoms with van der Waals surface area (Å²) in [5.74, 6) is 0.731. The highest BCUT2D eigenvalue weighted by Crippen LogP contribution is 2.27. The van der Waals surface area contributed by atoms with E-state index in [-0.39, 0.29) is 5.56 Å². The number of hydrogen-bond acceptors (Lipinski definition) is 5. The number of benzene rings is 1. The molecule has 3 rings (SSSR count). The average molecular weight is 287 g/mol. The molecule has 0 saturated carbocycles. The van der Waals surface area contributed by atoms with E-state index < -0.39 is 0 Å². The van der Waals surface area contributed by atoms with E-state index in [9.17, 15) is 4.79 Å². The molecular formula is C14H13N3O2S. The molecule has 6 heteroatoms. The van der Waals surface area contributed by atoms with Crippen molar-refractivity contribution < 1.29 is 4.74 Å². The van der Waals surface area contributed by atoms with Gasteiger partial charge in [0.05, 0.1) is 28.9 Å². The minimum absolute atomic E-state index is 0.200. The molecule has 1 aromatic carbocycles. The number of ether oxygens (including phenoxy) is 1. The highest BCUT2D eigenvalue weighted by molar-refractivity contribution is 7.15. The SMILES string of the molecule is COc1ccc(-n2nc(C)c3csc(N)c3c2=O)cc1. The van der Waals surface area contributed by atoms with Crippen LogP contribution in [-0.2, 0) is 0 Å². The molecule has 0 unspecified atom stereocenters. The lowest BCUT2D eigenvalue weighted by molar-refractivity contribution is 0.414. The van der Waals surface area contributed by atoms with Gasteiger partial charge in [0, 0.05) is 10.8 Å². The molecule has 2 aromatic heterocycles. The number of nitrogens with two attached hydrogens (primary N) is 1. The molecule has 0 aliphatic carbocycles.